The van der Waals surface area contributed by atoms with Gasteiger partial charge in [0.15, 0.2) is 0 Å². The fourth-order valence-electron chi connectivity index (χ4n) is 1.96. The molecule has 0 atom stereocenters. The van der Waals surface area contributed by atoms with Crippen LogP contribution < -0.4 is 5.32 Å². The van der Waals surface area contributed by atoms with Gasteiger partial charge in [0.25, 0.3) is 0 Å². The minimum Gasteiger partial charge on any atom is -0.313 e. The largest absolute Gasteiger partial charge is 0.416 e. The van der Waals surface area contributed by atoms with Crippen molar-refractivity contribution in [2.75, 3.05) is 6.54 Å². The third kappa shape index (κ3) is 3.61. The van der Waals surface area contributed by atoms with E-state index in [2.05, 4.69) is 5.32 Å². The van der Waals surface area contributed by atoms with E-state index in [4.69, 9.17) is 0 Å². The molecule has 0 amide bonds. The number of nitrogens with one attached hydrogen (secondary N) is 1. The van der Waals surface area contributed by atoms with Gasteiger partial charge in [0.1, 0.15) is 0 Å². The van der Waals surface area contributed by atoms with Crippen LogP contribution in [0.25, 0.3) is 11.1 Å². The highest BCUT2D eigenvalue weighted by molar-refractivity contribution is 5.64. The minimum absolute atomic E-state index is 0.579. The predicted molar refractivity (Wildman–Crippen MR) is 74.3 cm³/mol. The molecular weight excluding hydrogens is 263 g/mol. The maximum Gasteiger partial charge on any atom is 0.416 e. The lowest BCUT2D eigenvalue weighted by Crippen LogP contribution is -2.11. The normalized spacial score (nSPS) is 11.6. The number of hydrogen-bond donors (Lipinski definition) is 1. The molecule has 2 aromatic rings. The van der Waals surface area contributed by atoms with E-state index < -0.39 is 11.7 Å². The topological polar surface area (TPSA) is 12.0 Å². The Kier molecular flexibility index (Phi) is 4.45. The van der Waals surface area contributed by atoms with Crippen LogP contribution >= 0.6 is 0 Å². The maximum absolute atomic E-state index is 12.7. The Morgan fingerprint density at radius 1 is 0.950 bits per heavy atom. The van der Waals surface area contributed by atoms with Gasteiger partial charge < -0.3 is 5.32 Å². The molecule has 0 aliphatic rings. The quantitative estimate of drug-likeness (QED) is 0.870. The van der Waals surface area contributed by atoms with E-state index in [1.807, 2.05) is 31.2 Å². The number of halogens is 3. The number of hydrogen-bond acceptors (Lipinski definition) is 1. The maximum atomic E-state index is 12.7. The van der Waals surface area contributed by atoms with Crippen molar-refractivity contribution >= 4 is 0 Å². The summed E-state index contributed by atoms with van der Waals surface area (Å²) in [6.07, 6.45) is -4.30. The molecule has 1 N–H and O–H groups in total. The van der Waals surface area contributed by atoms with Gasteiger partial charge in [-0.25, -0.2) is 0 Å². The Hall–Kier alpha value is -1.81. The molecule has 20 heavy (non-hydrogen) atoms. The first-order chi connectivity index (χ1) is 9.50. The Bertz CT molecular complexity index is 559. The molecule has 2 aromatic carbocycles. The van der Waals surface area contributed by atoms with Crippen molar-refractivity contribution in [3.63, 3.8) is 0 Å². The van der Waals surface area contributed by atoms with Gasteiger partial charge in [-0.15, -0.1) is 0 Å². The first kappa shape index (κ1) is 14.6. The van der Waals surface area contributed by atoms with Gasteiger partial charge in [-0.05, 0) is 35.4 Å². The zero-order valence-corrected chi connectivity index (χ0v) is 11.2. The van der Waals surface area contributed by atoms with Gasteiger partial charge >= 0.3 is 6.18 Å². The molecule has 0 unspecified atom stereocenters. The Morgan fingerprint density at radius 3 is 2.25 bits per heavy atom. The van der Waals surface area contributed by atoms with Crippen LogP contribution in [-0.2, 0) is 12.7 Å². The Morgan fingerprint density at radius 2 is 1.65 bits per heavy atom. The molecule has 0 spiro atoms. The van der Waals surface area contributed by atoms with E-state index in [-0.39, 0.29) is 0 Å². The van der Waals surface area contributed by atoms with Crippen LogP contribution in [-0.4, -0.2) is 6.54 Å². The summed E-state index contributed by atoms with van der Waals surface area (Å²) in [5.41, 5.74) is 1.86. The van der Waals surface area contributed by atoms with E-state index in [9.17, 15) is 13.2 Å². The van der Waals surface area contributed by atoms with E-state index in [0.29, 0.717) is 5.56 Å². The third-order valence-electron chi connectivity index (χ3n) is 3.06. The van der Waals surface area contributed by atoms with Crippen molar-refractivity contribution in [2.45, 2.75) is 19.6 Å². The van der Waals surface area contributed by atoms with Gasteiger partial charge in [-0.1, -0.05) is 43.3 Å². The summed E-state index contributed by atoms with van der Waals surface area (Å²) in [7, 11) is 0. The van der Waals surface area contributed by atoms with Gasteiger partial charge in [-0.2, -0.15) is 13.2 Å². The van der Waals surface area contributed by atoms with E-state index >= 15 is 0 Å². The predicted octanol–water partition coefficient (Wildman–Crippen LogP) is 4.48. The zero-order chi connectivity index (χ0) is 14.6. The molecule has 0 fully saturated rings. The summed E-state index contributed by atoms with van der Waals surface area (Å²) >= 11 is 0. The van der Waals surface area contributed by atoms with Crippen molar-refractivity contribution in [2.24, 2.45) is 0 Å². The molecule has 0 aliphatic carbocycles. The zero-order valence-electron chi connectivity index (χ0n) is 11.2. The van der Waals surface area contributed by atoms with Crippen LogP contribution in [0.4, 0.5) is 13.2 Å². The van der Waals surface area contributed by atoms with Crippen LogP contribution in [0, 0.1) is 0 Å². The average Bonchev–Trinajstić information content (AvgIpc) is 2.45. The van der Waals surface area contributed by atoms with E-state index in [1.165, 1.54) is 12.1 Å². The monoisotopic (exact) mass is 279 g/mol. The lowest BCUT2D eigenvalue weighted by molar-refractivity contribution is -0.137. The van der Waals surface area contributed by atoms with Gasteiger partial charge in [-0.3, -0.25) is 0 Å². The third-order valence-corrected chi connectivity index (χ3v) is 3.06. The Balaban J connectivity index is 2.23. The van der Waals surface area contributed by atoms with Gasteiger partial charge in [0.2, 0.25) is 0 Å². The second-order valence-electron chi connectivity index (χ2n) is 4.56. The molecule has 0 radical (unpaired) electrons. The first-order valence-corrected chi connectivity index (χ1v) is 6.48. The SMILES string of the molecule is CCNCc1ccc(-c2cccc(C(F)(F)F)c2)cc1. The van der Waals surface area contributed by atoms with Crippen LogP contribution in [0.3, 0.4) is 0 Å². The van der Waals surface area contributed by atoms with Gasteiger partial charge in [0.05, 0.1) is 5.56 Å². The number of rotatable bonds is 4. The molecule has 0 aliphatic heterocycles. The molecular formula is C16H16F3N. The minimum atomic E-state index is -4.30. The Labute approximate surface area is 116 Å². The molecule has 4 heteroatoms. The van der Waals surface area contributed by atoms with Crippen molar-refractivity contribution in [3.8, 4) is 11.1 Å². The molecule has 0 saturated carbocycles. The first-order valence-electron chi connectivity index (χ1n) is 6.48. The summed E-state index contributed by atoms with van der Waals surface area (Å²) in [6.45, 7) is 3.67. The standard InChI is InChI=1S/C16H16F3N/c1-2-20-11-12-6-8-13(9-7-12)14-4-3-5-15(10-14)16(17,18)19/h3-10,20H,2,11H2,1H3. The average molecular weight is 279 g/mol. The molecule has 0 heterocycles. The number of alkyl halides is 3. The lowest BCUT2D eigenvalue weighted by Gasteiger charge is -2.09. The van der Waals surface area contributed by atoms with E-state index in [0.717, 1.165) is 30.3 Å². The fourth-order valence-corrected chi connectivity index (χ4v) is 1.96. The summed E-state index contributed by atoms with van der Waals surface area (Å²) in [5, 5.41) is 3.20. The van der Waals surface area contributed by atoms with Gasteiger partial charge in [0, 0.05) is 6.54 Å². The molecule has 2 rings (SSSR count). The van der Waals surface area contributed by atoms with Crippen molar-refractivity contribution in [3.05, 3.63) is 59.7 Å². The lowest BCUT2D eigenvalue weighted by atomic mass is 10.0. The van der Waals surface area contributed by atoms with Crippen molar-refractivity contribution in [1.29, 1.82) is 0 Å². The second-order valence-corrected chi connectivity index (χ2v) is 4.56. The molecule has 0 saturated heterocycles. The summed E-state index contributed by atoms with van der Waals surface area (Å²) < 4.78 is 38.0. The summed E-state index contributed by atoms with van der Waals surface area (Å²) in [6, 6.07) is 12.9. The van der Waals surface area contributed by atoms with Crippen LogP contribution in [0.15, 0.2) is 48.5 Å². The van der Waals surface area contributed by atoms with E-state index in [1.54, 1.807) is 6.07 Å². The molecule has 0 bridgehead atoms. The highest BCUT2D eigenvalue weighted by atomic mass is 19.4. The molecule has 106 valence electrons. The summed E-state index contributed by atoms with van der Waals surface area (Å²) in [4.78, 5) is 0. The van der Waals surface area contributed by atoms with Crippen LogP contribution in [0.1, 0.15) is 18.1 Å². The summed E-state index contributed by atoms with van der Waals surface area (Å²) in [5.74, 6) is 0. The smallest absolute Gasteiger partial charge is 0.313 e. The van der Waals surface area contributed by atoms with Crippen LogP contribution in [0.2, 0.25) is 0 Å². The second kappa shape index (κ2) is 6.09. The van der Waals surface area contributed by atoms with Crippen molar-refractivity contribution in [1.82, 2.24) is 5.32 Å². The molecule has 1 nitrogen and oxygen atoms in total. The van der Waals surface area contributed by atoms with Crippen LogP contribution in [0.5, 0.6) is 0 Å². The molecule has 0 aromatic heterocycles. The fraction of sp³-hybridized carbons (Fsp3) is 0.250. The van der Waals surface area contributed by atoms with Crippen molar-refractivity contribution < 1.29 is 13.2 Å². The number of benzene rings is 2. The highest BCUT2D eigenvalue weighted by Crippen LogP contribution is 2.32. The highest BCUT2D eigenvalue weighted by Gasteiger charge is 2.30.